The van der Waals surface area contributed by atoms with Crippen molar-refractivity contribution in [2.75, 3.05) is 12.4 Å². The van der Waals surface area contributed by atoms with Gasteiger partial charge in [-0.2, -0.15) is 0 Å². The Bertz CT molecular complexity index is 817. The van der Waals surface area contributed by atoms with Crippen LogP contribution in [-0.2, 0) is 4.79 Å². The SMILES string of the molecule is COc1nccc2c1C(c1ccccc1F)C(C(=O)O)=C(C)N2. The van der Waals surface area contributed by atoms with E-state index in [9.17, 15) is 14.3 Å². The highest BCUT2D eigenvalue weighted by Gasteiger charge is 2.36. The van der Waals surface area contributed by atoms with Crippen LogP contribution in [0.1, 0.15) is 24.0 Å². The molecule has 0 amide bonds. The highest BCUT2D eigenvalue weighted by molar-refractivity contribution is 5.93. The minimum absolute atomic E-state index is 0.0777. The van der Waals surface area contributed by atoms with Crippen LogP contribution in [0.25, 0.3) is 0 Å². The molecular formula is C17H15FN2O3. The van der Waals surface area contributed by atoms with Crippen LogP contribution in [0.2, 0.25) is 0 Å². The van der Waals surface area contributed by atoms with E-state index < -0.39 is 17.7 Å². The minimum Gasteiger partial charge on any atom is -0.481 e. The molecular weight excluding hydrogens is 299 g/mol. The molecule has 0 aliphatic carbocycles. The van der Waals surface area contributed by atoms with Crippen molar-refractivity contribution in [1.82, 2.24) is 4.98 Å². The smallest absolute Gasteiger partial charge is 0.334 e. The Hall–Kier alpha value is -2.89. The number of halogens is 1. The molecule has 2 aromatic rings. The number of aromatic nitrogens is 1. The van der Waals surface area contributed by atoms with Gasteiger partial charge in [0, 0.05) is 23.1 Å². The molecule has 2 heterocycles. The molecule has 23 heavy (non-hydrogen) atoms. The molecule has 1 aromatic heterocycles. The van der Waals surface area contributed by atoms with Crippen LogP contribution in [0.4, 0.5) is 10.1 Å². The molecule has 0 saturated carbocycles. The quantitative estimate of drug-likeness (QED) is 0.910. The van der Waals surface area contributed by atoms with Gasteiger partial charge < -0.3 is 15.2 Å². The van der Waals surface area contributed by atoms with Crippen molar-refractivity contribution in [1.29, 1.82) is 0 Å². The van der Waals surface area contributed by atoms with E-state index in [1.807, 2.05) is 0 Å². The number of nitrogens with zero attached hydrogens (tertiary/aromatic N) is 1. The topological polar surface area (TPSA) is 71.5 Å². The third-order valence-electron chi connectivity index (χ3n) is 3.90. The van der Waals surface area contributed by atoms with Crippen molar-refractivity contribution in [2.45, 2.75) is 12.8 Å². The van der Waals surface area contributed by atoms with E-state index in [2.05, 4.69) is 10.3 Å². The fourth-order valence-corrected chi connectivity index (χ4v) is 2.94. The highest BCUT2D eigenvalue weighted by atomic mass is 19.1. The first-order valence-corrected chi connectivity index (χ1v) is 7.03. The number of hydrogen-bond acceptors (Lipinski definition) is 4. The van der Waals surface area contributed by atoms with Crippen molar-refractivity contribution in [3.8, 4) is 5.88 Å². The first-order valence-electron chi connectivity index (χ1n) is 7.03. The lowest BCUT2D eigenvalue weighted by atomic mass is 9.81. The van der Waals surface area contributed by atoms with Crippen LogP contribution in [0.15, 0.2) is 47.8 Å². The number of anilines is 1. The number of aliphatic carboxylic acids is 1. The number of carboxylic acid groups (broad SMARTS) is 1. The van der Waals surface area contributed by atoms with Gasteiger partial charge in [0.05, 0.1) is 24.2 Å². The number of nitrogens with one attached hydrogen (secondary N) is 1. The number of allylic oxidation sites excluding steroid dienone is 1. The Labute approximate surface area is 132 Å². The summed E-state index contributed by atoms with van der Waals surface area (Å²) in [7, 11) is 1.45. The van der Waals surface area contributed by atoms with Crippen LogP contribution in [0.3, 0.4) is 0 Å². The van der Waals surface area contributed by atoms with Gasteiger partial charge in [0.1, 0.15) is 5.82 Å². The average Bonchev–Trinajstić information content (AvgIpc) is 2.53. The van der Waals surface area contributed by atoms with Crippen LogP contribution < -0.4 is 10.1 Å². The minimum atomic E-state index is -1.11. The molecule has 2 N–H and O–H groups in total. The number of carbonyl (C=O) groups is 1. The summed E-state index contributed by atoms with van der Waals surface area (Å²) in [6.07, 6.45) is 1.56. The van der Waals surface area contributed by atoms with Gasteiger partial charge in [0.2, 0.25) is 5.88 Å². The van der Waals surface area contributed by atoms with Gasteiger partial charge >= 0.3 is 5.97 Å². The average molecular weight is 314 g/mol. The standard InChI is InChI=1S/C17H15FN2O3/c1-9-13(17(21)22)14(10-5-3-4-6-11(10)18)15-12(20-9)7-8-19-16(15)23-2/h3-8,14,20H,1-2H3,(H,21,22). The Balaban J connectivity index is 2.33. The molecule has 3 rings (SSSR count). The number of fused-ring (bicyclic) bond motifs is 1. The maximum absolute atomic E-state index is 14.4. The largest absolute Gasteiger partial charge is 0.481 e. The Morgan fingerprint density at radius 2 is 2.09 bits per heavy atom. The van der Waals surface area contributed by atoms with Crippen LogP contribution >= 0.6 is 0 Å². The zero-order valence-corrected chi connectivity index (χ0v) is 12.6. The predicted molar refractivity (Wildman–Crippen MR) is 83.0 cm³/mol. The third kappa shape index (κ3) is 2.42. The zero-order chi connectivity index (χ0) is 16.6. The Morgan fingerprint density at radius 1 is 1.35 bits per heavy atom. The van der Waals surface area contributed by atoms with Crippen molar-refractivity contribution < 1.29 is 19.0 Å². The molecule has 1 atom stereocenters. The summed E-state index contributed by atoms with van der Waals surface area (Å²) in [6, 6.07) is 7.86. The molecule has 0 fully saturated rings. The Kier molecular flexibility index (Phi) is 3.73. The lowest BCUT2D eigenvalue weighted by Crippen LogP contribution is -2.24. The highest BCUT2D eigenvalue weighted by Crippen LogP contribution is 2.45. The molecule has 6 heteroatoms. The number of carboxylic acids is 1. The maximum atomic E-state index is 14.4. The second-order valence-corrected chi connectivity index (χ2v) is 5.20. The van der Waals surface area contributed by atoms with Gasteiger partial charge in [-0.05, 0) is 19.1 Å². The van der Waals surface area contributed by atoms with Gasteiger partial charge in [-0.25, -0.2) is 14.2 Å². The Morgan fingerprint density at radius 3 is 2.74 bits per heavy atom. The van der Waals surface area contributed by atoms with E-state index in [1.54, 1.807) is 37.4 Å². The predicted octanol–water partition coefficient (Wildman–Crippen LogP) is 3.15. The molecule has 0 bridgehead atoms. The molecule has 5 nitrogen and oxygen atoms in total. The summed E-state index contributed by atoms with van der Waals surface area (Å²) in [5, 5.41) is 12.7. The summed E-state index contributed by atoms with van der Waals surface area (Å²) in [6.45, 7) is 1.66. The van der Waals surface area contributed by atoms with Crippen molar-refractivity contribution in [3.05, 3.63) is 64.7 Å². The number of pyridine rings is 1. The summed E-state index contributed by atoms with van der Waals surface area (Å²) in [5.74, 6) is -2.11. The van der Waals surface area contributed by atoms with E-state index in [4.69, 9.17) is 4.74 Å². The van der Waals surface area contributed by atoms with Gasteiger partial charge in [-0.15, -0.1) is 0 Å². The lowest BCUT2D eigenvalue weighted by Gasteiger charge is -2.30. The molecule has 1 aliphatic heterocycles. The number of ether oxygens (including phenoxy) is 1. The number of rotatable bonds is 3. The molecule has 118 valence electrons. The molecule has 1 unspecified atom stereocenters. The van der Waals surface area contributed by atoms with E-state index in [0.717, 1.165) is 0 Å². The van der Waals surface area contributed by atoms with Gasteiger partial charge in [0.25, 0.3) is 0 Å². The zero-order valence-electron chi connectivity index (χ0n) is 12.6. The molecule has 0 radical (unpaired) electrons. The van der Waals surface area contributed by atoms with Crippen LogP contribution in [0, 0.1) is 5.82 Å². The molecule has 1 aromatic carbocycles. The molecule has 1 aliphatic rings. The van der Waals surface area contributed by atoms with Crippen molar-refractivity contribution in [2.24, 2.45) is 0 Å². The van der Waals surface area contributed by atoms with Gasteiger partial charge in [-0.3, -0.25) is 0 Å². The number of hydrogen-bond donors (Lipinski definition) is 2. The summed E-state index contributed by atoms with van der Waals surface area (Å²) >= 11 is 0. The lowest BCUT2D eigenvalue weighted by molar-refractivity contribution is -0.133. The first-order chi connectivity index (χ1) is 11.0. The van der Waals surface area contributed by atoms with Crippen molar-refractivity contribution >= 4 is 11.7 Å². The van der Waals surface area contributed by atoms with Crippen LogP contribution in [-0.4, -0.2) is 23.2 Å². The second kappa shape index (κ2) is 5.72. The normalized spacial score (nSPS) is 16.6. The monoisotopic (exact) mass is 314 g/mol. The van der Waals surface area contributed by atoms with E-state index in [1.165, 1.54) is 13.2 Å². The fraction of sp³-hybridized carbons (Fsp3) is 0.176. The van der Waals surface area contributed by atoms with Gasteiger partial charge in [-0.1, -0.05) is 18.2 Å². The van der Waals surface area contributed by atoms with E-state index in [0.29, 0.717) is 16.9 Å². The third-order valence-corrected chi connectivity index (χ3v) is 3.90. The van der Waals surface area contributed by atoms with Crippen LogP contribution in [0.5, 0.6) is 5.88 Å². The van der Waals surface area contributed by atoms with E-state index >= 15 is 0 Å². The van der Waals surface area contributed by atoms with Crippen molar-refractivity contribution in [3.63, 3.8) is 0 Å². The van der Waals surface area contributed by atoms with E-state index in [-0.39, 0.29) is 17.0 Å². The fourth-order valence-electron chi connectivity index (χ4n) is 2.94. The van der Waals surface area contributed by atoms with Gasteiger partial charge in [0.15, 0.2) is 0 Å². The maximum Gasteiger partial charge on any atom is 0.334 e. The summed E-state index contributed by atoms with van der Waals surface area (Å²) < 4.78 is 19.6. The summed E-state index contributed by atoms with van der Waals surface area (Å²) in [5.41, 5.74) is 1.99. The number of benzene rings is 1. The first kappa shape index (κ1) is 15.0. The number of methoxy groups -OCH3 is 1. The second-order valence-electron chi connectivity index (χ2n) is 5.20. The summed E-state index contributed by atoms with van der Waals surface area (Å²) in [4.78, 5) is 15.9. The molecule has 0 saturated heterocycles. The molecule has 0 spiro atoms.